The molecule has 0 bridgehead atoms. The van der Waals surface area contributed by atoms with Crippen LogP contribution in [0.5, 0.6) is 0 Å². The second-order valence-electron chi connectivity index (χ2n) is 4.92. The van der Waals surface area contributed by atoms with Gasteiger partial charge in [-0.05, 0) is 6.92 Å². The third kappa shape index (κ3) is 3.18. The third-order valence-corrected chi connectivity index (χ3v) is 3.08. The molecule has 0 spiro atoms. The molecule has 0 saturated heterocycles. The molecule has 10 heteroatoms. The summed E-state index contributed by atoms with van der Waals surface area (Å²) in [6.45, 7) is 1.87. The normalized spacial score (nSPS) is 10.3. The number of nitriles is 1. The molecule has 0 saturated carbocycles. The van der Waals surface area contributed by atoms with Crippen LogP contribution in [0.15, 0.2) is 15.8 Å². The summed E-state index contributed by atoms with van der Waals surface area (Å²) < 4.78 is 2.19. The minimum Gasteiger partial charge on any atom is -0.368 e. The van der Waals surface area contributed by atoms with E-state index in [9.17, 15) is 9.59 Å². The van der Waals surface area contributed by atoms with E-state index in [1.807, 2.05) is 0 Å². The molecule has 0 aromatic carbocycles. The van der Waals surface area contributed by atoms with Crippen LogP contribution in [-0.4, -0.2) is 38.2 Å². The molecule has 0 fully saturated rings. The summed E-state index contributed by atoms with van der Waals surface area (Å²) >= 11 is 0. The van der Waals surface area contributed by atoms with E-state index >= 15 is 0 Å². The molecule has 0 aliphatic carbocycles. The zero-order valence-corrected chi connectivity index (χ0v) is 13.0. The Labute approximate surface area is 131 Å². The Morgan fingerprint density at radius 2 is 2.00 bits per heavy atom. The topological polar surface area (TPSA) is 136 Å². The van der Waals surface area contributed by atoms with E-state index in [4.69, 9.17) is 11.0 Å². The molecule has 2 heterocycles. The molecular weight excluding hydrogens is 300 g/mol. The molecule has 0 atom stereocenters. The first kappa shape index (κ1) is 16.2. The second kappa shape index (κ2) is 6.27. The van der Waals surface area contributed by atoms with E-state index in [2.05, 4.69) is 15.0 Å². The van der Waals surface area contributed by atoms with Crippen LogP contribution < -0.4 is 21.9 Å². The molecule has 120 valence electrons. The number of aromatic nitrogens is 5. The van der Waals surface area contributed by atoms with Gasteiger partial charge in [0.1, 0.15) is 11.6 Å². The standard InChI is InChI=1S/C13H16N8O2/c1-4-20-6-8(5-14)10(22)21(13(20)23)7-9-16-11(15)18-12(17-9)19(2)3/h6H,4,7H2,1-3H3,(H2,15,16,17,18). The van der Waals surface area contributed by atoms with Gasteiger partial charge in [-0.1, -0.05) is 0 Å². The quantitative estimate of drug-likeness (QED) is 0.741. The number of nitrogen functional groups attached to an aromatic ring is 1. The first-order valence-electron chi connectivity index (χ1n) is 6.79. The van der Waals surface area contributed by atoms with Gasteiger partial charge in [-0.2, -0.15) is 20.2 Å². The van der Waals surface area contributed by atoms with Crippen molar-refractivity contribution in [2.45, 2.75) is 20.0 Å². The fourth-order valence-electron chi connectivity index (χ4n) is 1.93. The zero-order valence-electron chi connectivity index (χ0n) is 13.0. The highest BCUT2D eigenvalue weighted by Gasteiger charge is 2.14. The minimum atomic E-state index is -0.687. The van der Waals surface area contributed by atoms with E-state index in [1.54, 1.807) is 32.0 Å². The van der Waals surface area contributed by atoms with Gasteiger partial charge in [0.15, 0.2) is 5.82 Å². The maximum atomic E-state index is 12.3. The van der Waals surface area contributed by atoms with E-state index in [1.165, 1.54) is 10.8 Å². The van der Waals surface area contributed by atoms with Gasteiger partial charge in [-0.3, -0.25) is 13.9 Å². The molecule has 0 aliphatic heterocycles. The van der Waals surface area contributed by atoms with Crippen LogP contribution in [0.25, 0.3) is 0 Å². The summed E-state index contributed by atoms with van der Waals surface area (Å²) in [7, 11) is 3.45. The van der Waals surface area contributed by atoms with Crippen LogP contribution >= 0.6 is 0 Å². The van der Waals surface area contributed by atoms with Gasteiger partial charge in [0.05, 0.1) is 6.54 Å². The molecule has 2 aromatic heterocycles. The van der Waals surface area contributed by atoms with E-state index in [0.29, 0.717) is 12.5 Å². The van der Waals surface area contributed by atoms with Crippen LogP contribution in [0.2, 0.25) is 0 Å². The van der Waals surface area contributed by atoms with Crippen molar-refractivity contribution in [3.8, 4) is 6.07 Å². The highest BCUT2D eigenvalue weighted by molar-refractivity contribution is 5.32. The molecule has 2 N–H and O–H groups in total. The Bertz CT molecular complexity index is 890. The van der Waals surface area contributed by atoms with Crippen LogP contribution in [0.1, 0.15) is 18.3 Å². The Hall–Kier alpha value is -3.22. The predicted molar refractivity (Wildman–Crippen MR) is 83.0 cm³/mol. The summed E-state index contributed by atoms with van der Waals surface area (Å²) in [5.74, 6) is 0.463. The van der Waals surface area contributed by atoms with Crippen molar-refractivity contribution in [2.75, 3.05) is 24.7 Å². The lowest BCUT2D eigenvalue weighted by Gasteiger charge is -2.12. The number of nitrogens with zero attached hydrogens (tertiary/aromatic N) is 7. The molecule has 0 aliphatic rings. The van der Waals surface area contributed by atoms with Crippen LogP contribution in [0.3, 0.4) is 0 Å². The average molecular weight is 316 g/mol. The van der Waals surface area contributed by atoms with Crippen molar-refractivity contribution in [3.05, 3.63) is 38.4 Å². The number of aryl methyl sites for hydroxylation is 1. The predicted octanol–water partition coefficient (Wildman–Crippen LogP) is -1.22. The molecule has 2 rings (SSSR count). The van der Waals surface area contributed by atoms with Crippen molar-refractivity contribution in [2.24, 2.45) is 0 Å². The average Bonchev–Trinajstić information content (AvgIpc) is 2.51. The number of hydrogen-bond acceptors (Lipinski definition) is 8. The Balaban J connectivity index is 2.59. The van der Waals surface area contributed by atoms with E-state index in [0.717, 1.165) is 4.57 Å². The highest BCUT2D eigenvalue weighted by Crippen LogP contribution is 2.06. The van der Waals surface area contributed by atoms with Gasteiger partial charge in [-0.15, -0.1) is 0 Å². The lowest BCUT2D eigenvalue weighted by atomic mass is 10.3. The largest absolute Gasteiger partial charge is 0.368 e. The fourth-order valence-corrected chi connectivity index (χ4v) is 1.93. The van der Waals surface area contributed by atoms with Crippen molar-refractivity contribution >= 4 is 11.9 Å². The maximum Gasteiger partial charge on any atom is 0.331 e. The monoisotopic (exact) mass is 316 g/mol. The second-order valence-corrected chi connectivity index (χ2v) is 4.92. The lowest BCUT2D eigenvalue weighted by Crippen LogP contribution is -2.41. The summed E-state index contributed by atoms with van der Waals surface area (Å²) in [6, 6.07) is 1.79. The van der Waals surface area contributed by atoms with Gasteiger partial charge in [0, 0.05) is 26.8 Å². The van der Waals surface area contributed by atoms with Crippen LogP contribution in [-0.2, 0) is 13.1 Å². The van der Waals surface area contributed by atoms with Crippen molar-refractivity contribution < 1.29 is 0 Å². The highest BCUT2D eigenvalue weighted by atomic mass is 16.2. The molecule has 0 unspecified atom stereocenters. The van der Waals surface area contributed by atoms with Crippen LogP contribution in [0, 0.1) is 11.3 Å². The minimum absolute atomic E-state index is 0.0148. The smallest absolute Gasteiger partial charge is 0.331 e. The Morgan fingerprint density at radius 1 is 1.30 bits per heavy atom. The third-order valence-electron chi connectivity index (χ3n) is 3.08. The summed E-state index contributed by atoms with van der Waals surface area (Å²) in [6.07, 6.45) is 1.24. The summed E-state index contributed by atoms with van der Waals surface area (Å²) in [5.41, 5.74) is 4.28. The first-order chi connectivity index (χ1) is 10.9. The lowest BCUT2D eigenvalue weighted by molar-refractivity contribution is 0.584. The van der Waals surface area contributed by atoms with Gasteiger partial charge in [0.2, 0.25) is 11.9 Å². The van der Waals surface area contributed by atoms with E-state index < -0.39 is 11.2 Å². The molecule has 2 aromatic rings. The fraction of sp³-hybridized carbons (Fsp3) is 0.385. The van der Waals surface area contributed by atoms with Gasteiger partial charge >= 0.3 is 5.69 Å². The van der Waals surface area contributed by atoms with Crippen molar-refractivity contribution in [3.63, 3.8) is 0 Å². The molecule has 10 nitrogen and oxygen atoms in total. The SMILES string of the molecule is CCn1cc(C#N)c(=O)n(Cc2nc(N)nc(N(C)C)n2)c1=O. The van der Waals surface area contributed by atoms with Gasteiger partial charge in [-0.25, -0.2) is 4.79 Å². The van der Waals surface area contributed by atoms with Crippen LogP contribution in [0.4, 0.5) is 11.9 Å². The van der Waals surface area contributed by atoms with Crippen molar-refractivity contribution in [1.82, 2.24) is 24.1 Å². The zero-order chi connectivity index (χ0) is 17.1. The van der Waals surface area contributed by atoms with Gasteiger partial charge in [0.25, 0.3) is 5.56 Å². The maximum absolute atomic E-state index is 12.3. The number of rotatable bonds is 4. The number of hydrogen-bond donors (Lipinski definition) is 1. The van der Waals surface area contributed by atoms with Gasteiger partial charge < -0.3 is 10.6 Å². The van der Waals surface area contributed by atoms with Crippen molar-refractivity contribution in [1.29, 1.82) is 5.26 Å². The first-order valence-corrected chi connectivity index (χ1v) is 6.79. The Morgan fingerprint density at radius 3 is 2.57 bits per heavy atom. The molecule has 23 heavy (non-hydrogen) atoms. The van der Waals surface area contributed by atoms with E-state index in [-0.39, 0.29) is 23.9 Å². The summed E-state index contributed by atoms with van der Waals surface area (Å²) in [4.78, 5) is 38.2. The number of anilines is 2. The number of nitrogens with two attached hydrogens (primary N) is 1. The molecule has 0 radical (unpaired) electrons. The molecule has 0 amide bonds. The Kier molecular flexibility index (Phi) is 4.40. The summed E-state index contributed by atoms with van der Waals surface area (Å²) in [5, 5.41) is 9.03. The molecular formula is C13H16N8O2.